The van der Waals surface area contributed by atoms with Gasteiger partial charge in [-0.2, -0.15) is 0 Å². The minimum absolute atomic E-state index is 0.0127. The Balaban J connectivity index is 1.60. The van der Waals surface area contributed by atoms with Gasteiger partial charge in [0.2, 0.25) is 5.91 Å². The third-order valence-electron chi connectivity index (χ3n) is 6.42. The first kappa shape index (κ1) is 17.2. The number of carbonyl (C=O) groups is 1. The standard InChI is InChI=1S/C18H33N3O2/c1-13(12-21-9-5-4-6-10-21)20-16(22)18(19)14-8-7-11-23-15(14)17(18,2)3/h13-15H,4-12,19H2,1-3H3,(H,20,22). The first-order chi connectivity index (χ1) is 10.9. The van der Waals surface area contributed by atoms with Gasteiger partial charge in [-0.3, -0.25) is 4.79 Å². The molecular formula is C18H33N3O2. The Kier molecular flexibility index (Phi) is 4.73. The van der Waals surface area contributed by atoms with Gasteiger partial charge >= 0.3 is 0 Å². The molecule has 3 N–H and O–H groups in total. The molecule has 0 aromatic heterocycles. The molecule has 2 heterocycles. The summed E-state index contributed by atoms with van der Waals surface area (Å²) >= 11 is 0. The van der Waals surface area contributed by atoms with Gasteiger partial charge < -0.3 is 20.7 Å². The van der Waals surface area contributed by atoms with Gasteiger partial charge in [0.1, 0.15) is 5.54 Å². The van der Waals surface area contributed by atoms with Gasteiger partial charge in [-0.15, -0.1) is 0 Å². The molecule has 4 unspecified atom stereocenters. The summed E-state index contributed by atoms with van der Waals surface area (Å²) in [5, 5.41) is 3.20. The van der Waals surface area contributed by atoms with E-state index in [9.17, 15) is 4.79 Å². The SMILES string of the molecule is CC(CN1CCCCC1)NC(=O)C1(N)C2CCCOC2C1(C)C. The first-order valence-electron chi connectivity index (χ1n) is 9.31. The number of hydrogen-bond acceptors (Lipinski definition) is 4. The van der Waals surface area contributed by atoms with Gasteiger partial charge in [0, 0.05) is 30.5 Å². The molecule has 0 bridgehead atoms. The molecule has 0 spiro atoms. The molecule has 0 radical (unpaired) electrons. The molecule has 3 aliphatic rings. The molecule has 0 aromatic rings. The molecule has 0 aromatic carbocycles. The lowest BCUT2D eigenvalue weighted by Crippen LogP contribution is -2.82. The van der Waals surface area contributed by atoms with Crippen LogP contribution in [-0.4, -0.2) is 54.7 Å². The van der Waals surface area contributed by atoms with Crippen molar-refractivity contribution in [3.05, 3.63) is 0 Å². The zero-order valence-corrected chi connectivity index (χ0v) is 14.9. The largest absolute Gasteiger partial charge is 0.377 e. The van der Waals surface area contributed by atoms with Crippen LogP contribution < -0.4 is 11.1 Å². The molecule has 2 aliphatic heterocycles. The molecule has 1 saturated carbocycles. The fourth-order valence-corrected chi connectivity index (χ4v) is 4.95. The molecule has 3 rings (SSSR count). The van der Waals surface area contributed by atoms with Crippen LogP contribution in [0.5, 0.6) is 0 Å². The van der Waals surface area contributed by atoms with Crippen molar-refractivity contribution < 1.29 is 9.53 Å². The smallest absolute Gasteiger partial charge is 0.241 e. The first-order valence-corrected chi connectivity index (χ1v) is 9.31. The van der Waals surface area contributed by atoms with Crippen LogP contribution in [0.25, 0.3) is 0 Å². The number of carbonyl (C=O) groups excluding carboxylic acids is 1. The van der Waals surface area contributed by atoms with Gasteiger partial charge in [0.05, 0.1) is 6.10 Å². The van der Waals surface area contributed by atoms with Crippen molar-refractivity contribution in [1.82, 2.24) is 10.2 Å². The highest BCUT2D eigenvalue weighted by Crippen LogP contribution is 2.57. The van der Waals surface area contributed by atoms with E-state index >= 15 is 0 Å². The number of nitrogens with zero attached hydrogens (tertiary/aromatic N) is 1. The van der Waals surface area contributed by atoms with E-state index in [0.717, 1.165) is 39.1 Å². The number of likely N-dealkylation sites (tertiary alicyclic amines) is 1. The summed E-state index contributed by atoms with van der Waals surface area (Å²) in [7, 11) is 0. The Bertz CT molecular complexity index is 448. The molecule has 132 valence electrons. The number of nitrogens with two attached hydrogens (primary N) is 1. The Morgan fingerprint density at radius 1 is 1.30 bits per heavy atom. The predicted molar refractivity (Wildman–Crippen MR) is 91.1 cm³/mol. The minimum Gasteiger partial charge on any atom is -0.377 e. The lowest BCUT2D eigenvalue weighted by atomic mass is 9.46. The number of amides is 1. The van der Waals surface area contributed by atoms with Crippen LogP contribution in [0.1, 0.15) is 52.9 Å². The van der Waals surface area contributed by atoms with Crippen LogP contribution >= 0.6 is 0 Å². The van der Waals surface area contributed by atoms with Crippen LogP contribution in [0.15, 0.2) is 0 Å². The Hall–Kier alpha value is -0.650. The number of hydrogen-bond donors (Lipinski definition) is 2. The molecular weight excluding hydrogens is 290 g/mol. The monoisotopic (exact) mass is 323 g/mol. The molecule has 1 aliphatic carbocycles. The van der Waals surface area contributed by atoms with E-state index in [-0.39, 0.29) is 29.4 Å². The second-order valence-corrected chi connectivity index (χ2v) is 8.37. The van der Waals surface area contributed by atoms with Crippen LogP contribution in [0, 0.1) is 11.3 Å². The summed E-state index contributed by atoms with van der Waals surface area (Å²) in [5.41, 5.74) is 5.56. The maximum Gasteiger partial charge on any atom is 0.241 e. The lowest BCUT2D eigenvalue weighted by molar-refractivity contribution is -0.225. The normalized spacial score (nSPS) is 38.3. The van der Waals surface area contributed by atoms with Crippen LogP contribution in [0.3, 0.4) is 0 Å². The summed E-state index contributed by atoms with van der Waals surface area (Å²) < 4.78 is 5.90. The van der Waals surface area contributed by atoms with E-state index in [1.54, 1.807) is 0 Å². The van der Waals surface area contributed by atoms with Crippen molar-refractivity contribution in [2.75, 3.05) is 26.2 Å². The quantitative estimate of drug-likeness (QED) is 0.823. The van der Waals surface area contributed by atoms with Crippen molar-refractivity contribution in [2.45, 2.75) is 70.6 Å². The minimum atomic E-state index is -0.797. The molecule has 3 fully saturated rings. The van der Waals surface area contributed by atoms with Gasteiger partial charge in [0.25, 0.3) is 0 Å². The van der Waals surface area contributed by atoms with E-state index in [2.05, 4.69) is 31.0 Å². The molecule has 5 nitrogen and oxygen atoms in total. The fraction of sp³-hybridized carbons (Fsp3) is 0.944. The van der Waals surface area contributed by atoms with Crippen molar-refractivity contribution in [3.8, 4) is 0 Å². The lowest BCUT2D eigenvalue weighted by Gasteiger charge is -2.65. The zero-order chi connectivity index (χ0) is 16.7. The molecule has 5 heteroatoms. The van der Waals surface area contributed by atoms with Gasteiger partial charge in [0.15, 0.2) is 0 Å². The van der Waals surface area contributed by atoms with Crippen molar-refractivity contribution in [2.24, 2.45) is 17.1 Å². The number of rotatable bonds is 4. The Morgan fingerprint density at radius 3 is 2.70 bits per heavy atom. The van der Waals surface area contributed by atoms with Crippen molar-refractivity contribution >= 4 is 5.91 Å². The third kappa shape index (κ3) is 2.81. The van der Waals surface area contributed by atoms with E-state index in [1.165, 1.54) is 19.3 Å². The number of fused-ring (bicyclic) bond motifs is 1. The summed E-state index contributed by atoms with van der Waals surface area (Å²) in [6.07, 6.45) is 6.01. The van der Waals surface area contributed by atoms with Crippen LogP contribution in [-0.2, 0) is 9.53 Å². The van der Waals surface area contributed by atoms with E-state index in [4.69, 9.17) is 10.5 Å². The van der Waals surface area contributed by atoms with Crippen LogP contribution in [0.2, 0.25) is 0 Å². The topological polar surface area (TPSA) is 67.6 Å². The van der Waals surface area contributed by atoms with E-state index in [0.29, 0.717) is 0 Å². The summed E-state index contributed by atoms with van der Waals surface area (Å²) in [4.78, 5) is 15.4. The highest BCUT2D eigenvalue weighted by molar-refractivity contribution is 5.89. The number of nitrogens with one attached hydrogen (secondary N) is 1. The fourth-order valence-electron chi connectivity index (χ4n) is 4.95. The van der Waals surface area contributed by atoms with Gasteiger partial charge in [-0.25, -0.2) is 0 Å². The third-order valence-corrected chi connectivity index (χ3v) is 6.42. The van der Waals surface area contributed by atoms with Crippen molar-refractivity contribution in [3.63, 3.8) is 0 Å². The highest BCUT2D eigenvalue weighted by atomic mass is 16.5. The summed E-state index contributed by atoms with van der Waals surface area (Å²) in [5.74, 6) is 0.173. The maximum atomic E-state index is 13.0. The van der Waals surface area contributed by atoms with Crippen molar-refractivity contribution in [1.29, 1.82) is 0 Å². The predicted octanol–water partition coefficient (Wildman–Crippen LogP) is 1.51. The molecule has 2 saturated heterocycles. The maximum absolute atomic E-state index is 13.0. The molecule has 1 amide bonds. The van der Waals surface area contributed by atoms with E-state index in [1.807, 2.05) is 0 Å². The molecule has 4 atom stereocenters. The number of piperidine rings is 1. The van der Waals surface area contributed by atoms with Crippen LogP contribution in [0.4, 0.5) is 0 Å². The Labute approximate surface area is 140 Å². The summed E-state index contributed by atoms with van der Waals surface area (Å²) in [6.45, 7) is 10.3. The zero-order valence-electron chi connectivity index (χ0n) is 14.9. The second-order valence-electron chi connectivity index (χ2n) is 8.37. The average molecular weight is 323 g/mol. The number of ether oxygens (including phenoxy) is 1. The molecule has 23 heavy (non-hydrogen) atoms. The second kappa shape index (κ2) is 6.34. The van der Waals surface area contributed by atoms with Gasteiger partial charge in [-0.1, -0.05) is 20.3 Å². The summed E-state index contributed by atoms with van der Waals surface area (Å²) in [6, 6.07) is 0.139. The average Bonchev–Trinajstić information content (AvgIpc) is 2.54. The van der Waals surface area contributed by atoms with Gasteiger partial charge in [-0.05, 0) is 45.7 Å². The Morgan fingerprint density at radius 2 is 2.00 bits per heavy atom. The highest BCUT2D eigenvalue weighted by Gasteiger charge is 2.70. The van der Waals surface area contributed by atoms with E-state index < -0.39 is 5.54 Å².